The van der Waals surface area contributed by atoms with Crippen molar-refractivity contribution in [1.82, 2.24) is 4.90 Å². The minimum absolute atomic E-state index is 0.942. The van der Waals surface area contributed by atoms with E-state index in [-0.39, 0.29) is 0 Å². The van der Waals surface area contributed by atoms with Crippen LogP contribution < -0.4 is 11.3 Å². The van der Waals surface area contributed by atoms with Crippen molar-refractivity contribution in [1.29, 1.82) is 0 Å². The third kappa shape index (κ3) is 2.53. The molecule has 0 radical (unpaired) electrons. The van der Waals surface area contributed by atoms with Gasteiger partial charge in [0.15, 0.2) is 0 Å². The zero-order valence-electron chi connectivity index (χ0n) is 7.54. The minimum atomic E-state index is 0.942. The second-order valence-electron chi connectivity index (χ2n) is 3.08. The number of nitrogens with two attached hydrogens (primary N) is 1. The molecule has 0 aliphatic heterocycles. The Labute approximate surface area is 73.1 Å². The van der Waals surface area contributed by atoms with E-state index in [0.29, 0.717) is 0 Å². The summed E-state index contributed by atoms with van der Waals surface area (Å²) in [6, 6.07) is 8.07. The van der Waals surface area contributed by atoms with Crippen LogP contribution in [0, 0.1) is 0 Å². The Morgan fingerprint density at radius 1 is 1.25 bits per heavy atom. The van der Waals surface area contributed by atoms with Crippen LogP contribution in [0.2, 0.25) is 0 Å². The van der Waals surface area contributed by atoms with Crippen LogP contribution in [0.5, 0.6) is 0 Å². The second kappa shape index (κ2) is 4.09. The Morgan fingerprint density at radius 2 is 1.83 bits per heavy atom. The molecule has 0 heterocycles. The Balaban J connectivity index is 2.65. The number of hydrogen-bond donors (Lipinski definition) is 2. The largest absolute Gasteiger partial charge is 0.324 e. The number of nitrogen functional groups attached to an aromatic ring is 1. The van der Waals surface area contributed by atoms with Gasteiger partial charge in [-0.05, 0) is 31.8 Å². The standard InChI is InChI=1S/C9H15N3/c1-12(2)7-8-3-5-9(11-10)6-4-8/h3-6,11H,7,10H2,1-2H3. The molecule has 0 aliphatic rings. The number of benzene rings is 1. The summed E-state index contributed by atoms with van der Waals surface area (Å²) in [5, 5.41) is 0. The van der Waals surface area contributed by atoms with Gasteiger partial charge in [0.2, 0.25) is 0 Å². The third-order valence-corrected chi connectivity index (χ3v) is 1.62. The van der Waals surface area contributed by atoms with Crippen molar-refractivity contribution in [2.75, 3.05) is 19.5 Å². The van der Waals surface area contributed by atoms with Crippen LogP contribution in [0.4, 0.5) is 5.69 Å². The highest BCUT2D eigenvalue weighted by atomic mass is 15.2. The molecule has 12 heavy (non-hydrogen) atoms. The fourth-order valence-electron chi connectivity index (χ4n) is 1.07. The number of hydrazine groups is 1. The number of nitrogens with zero attached hydrogens (tertiary/aromatic N) is 1. The molecule has 0 bridgehead atoms. The Hall–Kier alpha value is -1.06. The fourth-order valence-corrected chi connectivity index (χ4v) is 1.07. The SMILES string of the molecule is CN(C)Cc1ccc(NN)cc1. The molecule has 0 fully saturated rings. The molecule has 0 unspecified atom stereocenters. The van der Waals surface area contributed by atoms with Gasteiger partial charge in [-0.3, -0.25) is 5.84 Å². The van der Waals surface area contributed by atoms with Crippen LogP contribution >= 0.6 is 0 Å². The predicted octanol–water partition coefficient (Wildman–Crippen LogP) is 1.03. The first-order valence-corrected chi connectivity index (χ1v) is 3.92. The number of hydrogen-bond acceptors (Lipinski definition) is 3. The summed E-state index contributed by atoms with van der Waals surface area (Å²) in [5.41, 5.74) is 4.83. The summed E-state index contributed by atoms with van der Waals surface area (Å²) < 4.78 is 0. The van der Waals surface area contributed by atoms with E-state index in [1.807, 2.05) is 12.1 Å². The van der Waals surface area contributed by atoms with Gasteiger partial charge in [-0.1, -0.05) is 12.1 Å². The monoisotopic (exact) mass is 165 g/mol. The molecule has 0 saturated carbocycles. The van der Waals surface area contributed by atoms with Crippen molar-refractivity contribution >= 4 is 5.69 Å². The lowest BCUT2D eigenvalue weighted by Gasteiger charge is -2.09. The first-order chi connectivity index (χ1) is 5.72. The van der Waals surface area contributed by atoms with E-state index >= 15 is 0 Å². The average Bonchev–Trinajstić information content (AvgIpc) is 2.05. The highest BCUT2D eigenvalue weighted by molar-refractivity contribution is 5.43. The molecule has 0 atom stereocenters. The van der Waals surface area contributed by atoms with Crippen LogP contribution in [0.15, 0.2) is 24.3 Å². The molecule has 0 spiro atoms. The summed E-state index contributed by atoms with van der Waals surface area (Å²) in [7, 11) is 4.10. The van der Waals surface area contributed by atoms with E-state index < -0.39 is 0 Å². The van der Waals surface area contributed by atoms with E-state index in [4.69, 9.17) is 5.84 Å². The maximum Gasteiger partial charge on any atom is 0.0485 e. The highest BCUT2D eigenvalue weighted by Gasteiger charge is 1.94. The van der Waals surface area contributed by atoms with Gasteiger partial charge in [0.25, 0.3) is 0 Å². The molecule has 1 rings (SSSR count). The van der Waals surface area contributed by atoms with E-state index in [9.17, 15) is 0 Å². The molecule has 0 aliphatic carbocycles. The molecule has 3 heteroatoms. The van der Waals surface area contributed by atoms with Crippen LogP contribution in [0.25, 0.3) is 0 Å². The number of anilines is 1. The average molecular weight is 165 g/mol. The normalized spacial score (nSPS) is 10.3. The highest BCUT2D eigenvalue weighted by Crippen LogP contribution is 2.08. The summed E-state index contributed by atoms with van der Waals surface area (Å²) >= 11 is 0. The van der Waals surface area contributed by atoms with Gasteiger partial charge >= 0.3 is 0 Å². The molecule has 3 nitrogen and oxygen atoms in total. The Kier molecular flexibility index (Phi) is 3.08. The molecular weight excluding hydrogens is 150 g/mol. The molecule has 3 N–H and O–H groups in total. The van der Waals surface area contributed by atoms with Crippen LogP contribution in [-0.4, -0.2) is 19.0 Å². The zero-order valence-corrected chi connectivity index (χ0v) is 7.54. The number of nitrogens with one attached hydrogen (secondary N) is 1. The zero-order chi connectivity index (χ0) is 8.97. The minimum Gasteiger partial charge on any atom is -0.324 e. The lowest BCUT2D eigenvalue weighted by atomic mass is 10.2. The van der Waals surface area contributed by atoms with E-state index in [1.54, 1.807) is 0 Å². The second-order valence-corrected chi connectivity index (χ2v) is 3.08. The van der Waals surface area contributed by atoms with E-state index in [2.05, 4.69) is 36.6 Å². The first kappa shape index (κ1) is 9.03. The van der Waals surface area contributed by atoms with Crippen LogP contribution in [0.1, 0.15) is 5.56 Å². The molecule has 66 valence electrons. The van der Waals surface area contributed by atoms with Crippen LogP contribution in [0.3, 0.4) is 0 Å². The molecule has 0 saturated heterocycles. The van der Waals surface area contributed by atoms with Crippen molar-refractivity contribution in [2.24, 2.45) is 5.84 Å². The van der Waals surface area contributed by atoms with Gasteiger partial charge in [0.1, 0.15) is 0 Å². The molecule has 0 aromatic heterocycles. The van der Waals surface area contributed by atoms with Gasteiger partial charge in [-0.25, -0.2) is 0 Å². The lowest BCUT2D eigenvalue weighted by Crippen LogP contribution is -2.11. The first-order valence-electron chi connectivity index (χ1n) is 3.92. The summed E-state index contributed by atoms with van der Waals surface area (Å²) in [4.78, 5) is 2.13. The summed E-state index contributed by atoms with van der Waals surface area (Å²) in [6.07, 6.45) is 0. The van der Waals surface area contributed by atoms with Crippen LogP contribution in [-0.2, 0) is 6.54 Å². The third-order valence-electron chi connectivity index (χ3n) is 1.62. The topological polar surface area (TPSA) is 41.3 Å². The van der Waals surface area contributed by atoms with Gasteiger partial charge < -0.3 is 10.3 Å². The summed E-state index contributed by atoms with van der Waals surface area (Å²) in [6.45, 7) is 0.963. The molecule has 0 amide bonds. The van der Waals surface area contributed by atoms with E-state index in [0.717, 1.165) is 12.2 Å². The lowest BCUT2D eigenvalue weighted by molar-refractivity contribution is 0.402. The maximum atomic E-state index is 5.24. The van der Waals surface area contributed by atoms with Gasteiger partial charge in [0, 0.05) is 12.2 Å². The quantitative estimate of drug-likeness (QED) is 0.519. The predicted molar refractivity (Wildman–Crippen MR) is 51.6 cm³/mol. The Morgan fingerprint density at radius 3 is 2.25 bits per heavy atom. The van der Waals surface area contributed by atoms with Crippen molar-refractivity contribution in [3.8, 4) is 0 Å². The van der Waals surface area contributed by atoms with Crippen molar-refractivity contribution in [3.05, 3.63) is 29.8 Å². The Bertz CT molecular complexity index is 228. The van der Waals surface area contributed by atoms with Gasteiger partial charge in [0.05, 0.1) is 0 Å². The fraction of sp³-hybridized carbons (Fsp3) is 0.333. The van der Waals surface area contributed by atoms with Gasteiger partial charge in [-0.15, -0.1) is 0 Å². The van der Waals surface area contributed by atoms with E-state index in [1.165, 1.54) is 5.56 Å². The maximum absolute atomic E-state index is 5.24. The van der Waals surface area contributed by atoms with Crippen molar-refractivity contribution in [2.45, 2.75) is 6.54 Å². The smallest absolute Gasteiger partial charge is 0.0485 e. The molecule has 1 aromatic rings. The summed E-state index contributed by atoms with van der Waals surface area (Å²) in [5.74, 6) is 5.24. The van der Waals surface area contributed by atoms with Crippen molar-refractivity contribution < 1.29 is 0 Å². The molecule has 1 aromatic carbocycles. The van der Waals surface area contributed by atoms with Crippen molar-refractivity contribution in [3.63, 3.8) is 0 Å². The molecular formula is C9H15N3. The van der Waals surface area contributed by atoms with Gasteiger partial charge in [-0.2, -0.15) is 0 Å². The number of rotatable bonds is 3.